The normalized spacial score (nSPS) is 15.9. The van der Waals surface area contributed by atoms with Crippen LogP contribution >= 0.6 is 0 Å². The summed E-state index contributed by atoms with van der Waals surface area (Å²) in [5, 5.41) is 58.9. The Morgan fingerprint density at radius 3 is 2.44 bits per heavy atom. The number of carboxylic acids is 1. The minimum absolute atomic E-state index is 0.0609. The van der Waals surface area contributed by atoms with Crippen LogP contribution in [0.1, 0.15) is 33.1 Å². The van der Waals surface area contributed by atoms with Crippen molar-refractivity contribution >= 4 is 52.8 Å². The van der Waals surface area contributed by atoms with E-state index in [0.29, 0.717) is 15.3 Å². The van der Waals surface area contributed by atoms with E-state index in [1.165, 1.54) is 24.3 Å². The predicted octanol–water partition coefficient (Wildman–Crippen LogP) is 0.868. The number of phenols is 3. The molecule has 5 rings (SSSR count). The highest BCUT2D eigenvalue weighted by atomic mass is 32.2. The van der Waals surface area contributed by atoms with Crippen LogP contribution in [0.15, 0.2) is 42.5 Å². The van der Waals surface area contributed by atoms with Crippen molar-refractivity contribution in [2.24, 2.45) is 0 Å². The van der Waals surface area contributed by atoms with E-state index in [0.717, 1.165) is 19.1 Å². The van der Waals surface area contributed by atoms with Gasteiger partial charge in [-0.1, -0.05) is 12.1 Å². The molecule has 7 amide bonds. The van der Waals surface area contributed by atoms with Gasteiger partial charge in [-0.25, -0.2) is 45.6 Å². The number of carboxylic acid groups (broad SMARTS) is 1. The van der Waals surface area contributed by atoms with Crippen LogP contribution in [0.2, 0.25) is 0 Å². The Kier molecular flexibility index (Phi) is 11.0. The van der Waals surface area contributed by atoms with Gasteiger partial charge in [-0.2, -0.15) is 0 Å². The lowest BCUT2D eigenvalue weighted by molar-refractivity contribution is -0.123. The summed E-state index contributed by atoms with van der Waals surface area (Å²) in [4.78, 5) is 64.6. The van der Waals surface area contributed by atoms with Crippen LogP contribution in [-0.4, -0.2) is 111 Å². The number of sulfonamides is 1. The monoisotopic (exact) mass is 776 g/mol. The van der Waals surface area contributed by atoms with Gasteiger partial charge in [0.05, 0.1) is 24.8 Å². The number of urea groups is 3. The number of imide groups is 1. The lowest BCUT2D eigenvalue weighted by Gasteiger charge is -2.31. The number of hydrogen-bond donors (Lipinski definition) is 9. The topological polar surface area (TPSA) is 284 Å². The Morgan fingerprint density at radius 2 is 1.76 bits per heavy atom. The molecule has 2 atom stereocenters. The molecule has 286 valence electrons. The number of fused-ring (bicyclic) bond motifs is 1. The summed E-state index contributed by atoms with van der Waals surface area (Å²) < 4.78 is 60.5. The summed E-state index contributed by atoms with van der Waals surface area (Å²) in [6.45, 7) is -0.376. The number of phenolic OH excluding ortho intramolecular Hbond substituents is 3. The molecule has 2 aliphatic heterocycles. The lowest BCUT2D eigenvalue weighted by atomic mass is 9.72. The number of nitrogens with zero attached hydrogens (tertiary/aromatic N) is 2. The molecule has 2 heterocycles. The first kappa shape index (κ1) is 38.9. The number of aromatic hydroxyl groups is 3. The molecule has 0 saturated carbocycles. The van der Waals surface area contributed by atoms with Crippen molar-refractivity contribution in [2.75, 3.05) is 30.7 Å². The average Bonchev–Trinajstić information content (AvgIpc) is 3.50. The quantitative estimate of drug-likeness (QED) is 0.102. The molecule has 3 aromatic rings. The minimum atomic E-state index is -4.44. The zero-order valence-electron chi connectivity index (χ0n) is 27.9. The molecule has 1 fully saturated rings. The van der Waals surface area contributed by atoms with E-state index in [-0.39, 0.29) is 29.0 Å². The number of aromatic carboxylic acids is 1. The number of hydrogen-bond acceptors (Lipinski definition) is 12. The van der Waals surface area contributed by atoms with Gasteiger partial charge >= 0.3 is 31.2 Å². The zero-order chi connectivity index (χ0) is 39.6. The van der Waals surface area contributed by atoms with E-state index in [1.807, 2.05) is 0 Å². The van der Waals surface area contributed by atoms with Crippen LogP contribution in [0.25, 0.3) is 0 Å². The van der Waals surface area contributed by atoms with Crippen LogP contribution in [0.3, 0.4) is 0 Å². The van der Waals surface area contributed by atoms with Gasteiger partial charge in [0.2, 0.25) is 15.9 Å². The molecule has 1 unspecified atom stereocenters. The van der Waals surface area contributed by atoms with E-state index >= 15 is 0 Å². The molecular weight excluding hydrogens is 745 g/mol. The molecule has 9 N–H and O–H groups in total. The van der Waals surface area contributed by atoms with Gasteiger partial charge in [0, 0.05) is 23.9 Å². The predicted molar refractivity (Wildman–Crippen MR) is 181 cm³/mol. The molecule has 0 radical (unpaired) electrons. The summed E-state index contributed by atoms with van der Waals surface area (Å²) in [5.74, 6) is -10.5. The van der Waals surface area contributed by atoms with Crippen LogP contribution in [0.5, 0.6) is 23.0 Å². The number of nitrogens with one attached hydrogen (secondary N) is 4. The third kappa shape index (κ3) is 8.00. The summed E-state index contributed by atoms with van der Waals surface area (Å²) in [6.07, 6.45) is -0.332. The lowest BCUT2D eigenvalue weighted by Crippen LogP contribution is -2.56. The second-order valence-corrected chi connectivity index (χ2v) is 14.0. The van der Waals surface area contributed by atoms with Crippen molar-refractivity contribution in [3.63, 3.8) is 0 Å². The van der Waals surface area contributed by atoms with E-state index in [9.17, 15) is 66.6 Å². The van der Waals surface area contributed by atoms with Crippen molar-refractivity contribution < 1.29 is 71.3 Å². The molecule has 23 heteroatoms. The van der Waals surface area contributed by atoms with Crippen molar-refractivity contribution in [3.05, 3.63) is 76.4 Å². The standard InChI is InChI=1S/C31H31BF2N6O13S/c1-14-18(13-20(34)25(43)24(14)42)23(27(44)37-21-11-15-5-6-19(33)22(28(45)46)26(15)53-32(21)50)38-30(48)39-8-9-40(31(39)49)54(51,52)10-7-35-29(47)36-16-3-2-4-17(41)12-16/h2-6,12-13,21,23,41-43,50H,7-11H2,1H3,(H,37,44)(H,38,48)(H,45,46)(H2,35,36,47)/t21-,23?/m0/s1. The number of carbonyl (C=O) groups is 5. The maximum absolute atomic E-state index is 14.7. The van der Waals surface area contributed by atoms with Gasteiger partial charge in [-0.3, -0.25) is 4.79 Å². The third-order valence-corrected chi connectivity index (χ3v) is 10.1. The molecule has 2 aliphatic rings. The molecule has 0 aromatic heterocycles. The number of anilines is 1. The summed E-state index contributed by atoms with van der Waals surface area (Å²) in [7, 11) is -6.42. The Labute approximate surface area is 304 Å². The van der Waals surface area contributed by atoms with Crippen LogP contribution < -0.4 is 25.9 Å². The number of carbonyl (C=O) groups excluding carboxylic acids is 4. The number of amides is 7. The first-order valence-corrected chi connectivity index (χ1v) is 17.4. The van der Waals surface area contributed by atoms with E-state index in [4.69, 9.17) is 4.65 Å². The van der Waals surface area contributed by atoms with E-state index in [2.05, 4.69) is 21.3 Å². The van der Waals surface area contributed by atoms with Gasteiger partial charge in [-0.15, -0.1) is 0 Å². The fraction of sp³-hybridized carbons (Fsp3) is 0.258. The van der Waals surface area contributed by atoms with Crippen molar-refractivity contribution in [2.45, 2.75) is 25.3 Å². The molecule has 54 heavy (non-hydrogen) atoms. The number of rotatable bonds is 10. The zero-order valence-corrected chi connectivity index (χ0v) is 28.7. The highest BCUT2D eigenvalue weighted by Crippen LogP contribution is 2.37. The maximum atomic E-state index is 14.7. The minimum Gasteiger partial charge on any atom is -0.534 e. The van der Waals surface area contributed by atoms with Crippen LogP contribution in [0, 0.1) is 18.6 Å². The van der Waals surface area contributed by atoms with Gasteiger partial charge in [-0.05, 0) is 48.7 Å². The Bertz CT molecular complexity index is 2160. The summed E-state index contributed by atoms with van der Waals surface area (Å²) in [6, 6.07) is 2.58. The van der Waals surface area contributed by atoms with Crippen molar-refractivity contribution in [3.8, 4) is 23.0 Å². The molecule has 1 saturated heterocycles. The number of halogens is 2. The second kappa shape index (κ2) is 15.3. The molecule has 0 spiro atoms. The molecule has 19 nitrogen and oxygen atoms in total. The van der Waals surface area contributed by atoms with Gasteiger partial charge in [0.25, 0.3) is 0 Å². The SMILES string of the molecule is Cc1c(C(NC(=O)N2CCN(S(=O)(=O)CCNC(=O)Nc3cccc(O)c3)C2=O)C(=O)N[C@H]2Cc3ccc(F)c(C(=O)O)c3OB2O)cc(F)c(O)c1O. The second-order valence-electron chi connectivity index (χ2n) is 11.9. The van der Waals surface area contributed by atoms with Crippen LogP contribution in [-0.2, 0) is 21.2 Å². The fourth-order valence-electron chi connectivity index (χ4n) is 5.68. The van der Waals surface area contributed by atoms with Gasteiger partial charge < -0.3 is 51.4 Å². The van der Waals surface area contributed by atoms with Crippen molar-refractivity contribution in [1.29, 1.82) is 0 Å². The highest BCUT2D eigenvalue weighted by Gasteiger charge is 2.43. The fourth-order valence-corrected chi connectivity index (χ4v) is 6.95. The van der Waals surface area contributed by atoms with E-state index in [1.54, 1.807) is 0 Å². The highest BCUT2D eigenvalue weighted by molar-refractivity contribution is 7.89. The molecule has 0 bridgehead atoms. The largest absolute Gasteiger partial charge is 0.547 e. The van der Waals surface area contributed by atoms with Gasteiger partial charge in [0.15, 0.2) is 17.3 Å². The molecule has 3 aromatic carbocycles. The number of benzene rings is 3. The molecule has 0 aliphatic carbocycles. The van der Waals surface area contributed by atoms with E-state index < -0.39 is 124 Å². The van der Waals surface area contributed by atoms with Gasteiger partial charge in [0.1, 0.15) is 28.9 Å². The van der Waals surface area contributed by atoms with Crippen molar-refractivity contribution in [1.82, 2.24) is 25.2 Å². The third-order valence-electron chi connectivity index (χ3n) is 8.42. The molecular formula is C31H31BF2N6O13S. The average molecular weight is 776 g/mol. The summed E-state index contributed by atoms with van der Waals surface area (Å²) >= 11 is 0. The first-order valence-electron chi connectivity index (χ1n) is 15.8. The first-order chi connectivity index (χ1) is 25.4. The Morgan fingerprint density at radius 1 is 1.04 bits per heavy atom. The van der Waals surface area contributed by atoms with Crippen LogP contribution in [0.4, 0.5) is 28.9 Å². The maximum Gasteiger partial charge on any atom is 0.547 e. The Balaban J connectivity index is 1.30. The Hall–Kier alpha value is -6.36. The smallest absolute Gasteiger partial charge is 0.534 e. The summed E-state index contributed by atoms with van der Waals surface area (Å²) in [5.41, 5.74) is -1.35.